The van der Waals surface area contributed by atoms with Crippen molar-refractivity contribution in [2.24, 2.45) is 7.05 Å². The van der Waals surface area contributed by atoms with Gasteiger partial charge in [0, 0.05) is 32.0 Å². The molecular formula is C14H26N4O2. The molecule has 114 valence electrons. The molecule has 1 rings (SSSR count). The quantitative estimate of drug-likeness (QED) is 0.866. The molecule has 1 heterocycles. The first kappa shape index (κ1) is 16.5. The Morgan fingerprint density at radius 3 is 2.60 bits per heavy atom. The molecule has 1 aromatic heterocycles. The van der Waals surface area contributed by atoms with Crippen LogP contribution in [-0.2, 0) is 11.8 Å². The van der Waals surface area contributed by atoms with Crippen LogP contribution in [0.15, 0.2) is 12.4 Å². The Morgan fingerprint density at radius 1 is 1.45 bits per heavy atom. The largest absolute Gasteiger partial charge is 0.444 e. The summed E-state index contributed by atoms with van der Waals surface area (Å²) in [5.41, 5.74) is -0.475. The number of aromatic nitrogens is 2. The van der Waals surface area contributed by atoms with E-state index in [4.69, 9.17) is 4.74 Å². The molecule has 0 aliphatic carbocycles. The molecule has 1 amide bonds. The monoisotopic (exact) mass is 282 g/mol. The predicted octanol–water partition coefficient (Wildman–Crippen LogP) is 1.98. The van der Waals surface area contributed by atoms with E-state index < -0.39 is 11.7 Å². The lowest BCUT2D eigenvalue weighted by Gasteiger charge is -2.23. The van der Waals surface area contributed by atoms with Gasteiger partial charge < -0.3 is 19.9 Å². The fourth-order valence-electron chi connectivity index (χ4n) is 1.80. The number of aryl methyl sites for hydroxylation is 1. The maximum atomic E-state index is 11.6. The summed E-state index contributed by atoms with van der Waals surface area (Å²) in [6, 6.07) is 0.102. The molecule has 2 unspecified atom stereocenters. The van der Waals surface area contributed by atoms with Gasteiger partial charge in [0.2, 0.25) is 0 Å². The molecule has 1 aromatic rings. The third-order valence-corrected chi connectivity index (χ3v) is 2.74. The maximum absolute atomic E-state index is 11.6. The molecular weight excluding hydrogens is 256 g/mol. The van der Waals surface area contributed by atoms with Crippen LogP contribution in [0, 0.1) is 0 Å². The van der Waals surface area contributed by atoms with Crippen molar-refractivity contribution in [2.45, 2.75) is 52.3 Å². The van der Waals surface area contributed by atoms with Crippen LogP contribution in [-0.4, -0.2) is 33.8 Å². The van der Waals surface area contributed by atoms with Gasteiger partial charge in [-0.3, -0.25) is 0 Å². The number of alkyl carbamates (subject to hydrolysis) is 1. The lowest BCUT2D eigenvalue weighted by Crippen LogP contribution is -2.43. The molecule has 0 bridgehead atoms. The van der Waals surface area contributed by atoms with Gasteiger partial charge in [-0.15, -0.1) is 0 Å². The van der Waals surface area contributed by atoms with Gasteiger partial charge in [0.05, 0.1) is 6.04 Å². The van der Waals surface area contributed by atoms with Crippen LogP contribution < -0.4 is 10.6 Å². The van der Waals surface area contributed by atoms with Gasteiger partial charge in [0.15, 0.2) is 0 Å². The minimum Gasteiger partial charge on any atom is -0.444 e. The van der Waals surface area contributed by atoms with Crippen molar-refractivity contribution in [1.82, 2.24) is 20.2 Å². The van der Waals surface area contributed by atoms with E-state index in [0.717, 1.165) is 5.82 Å². The van der Waals surface area contributed by atoms with Crippen LogP contribution in [0.5, 0.6) is 0 Å². The highest BCUT2D eigenvalue weighted by Crippen LogP contribution is 2.09. The highest BCUT2D eigenvalue weighted by atomic mass is 16.6. The van der Waals surface area contributed by atoms with Gasteiger partial charge in [0.1, 0.15) is 11.4 Å². The second-order valence-electron chi connectivity index (χ2n) is 6.07. The third-order valence-electron chi connectivity index (χ3n) is 2.74. The number of imidazole rings is 1. The number of carbonyl (C=O) groups excluding carboxylic acids is 1. The van der Waals surface area contributed by atoms with Crippen LogP contribution in [0.3, 0.4) is 0 Å². The Balaban J connectivity index is 2.35. The van der Waals surface area contributed by atoms with E-state index >= 15 is 0 Å². The lowest BCUT2D eigenvalue weighted by atomic mass is 10.2. The van der Waals surface area contributed by atoms with Crippen LogP contribution >= 0.6 is 0 Å². The third kappa shape index (κ3) is 5.61. The van der Waals surface area contributed by atoms with Gasteiger partial charge >= 0.3 is 6.09 Å². The number of carbonyl (C=O) groups is 1. The van der Waals surface area contributed by atoms with Crippen molar-refractivity contribution in [3.63, 3.8) is 0 Å². The number of rotatable bonds is 5. The molecule has 0 radical (unpaired) electrons. The van der Waals surface area contributed by atoms with Crippen LogP contribution in [0.1, 0.15) is 46.5 Å². The Bertz CT molecular complexity index is 437. The van der Waals surface area contributed by atoms with Gasteiger partial charge in [-0.25, -0.2) is 9.78 Å². The Kier molecular flexibility index (Phi) is 5.56. The van der Waals surface area contributed by atoms with E-state index in [9.17, 15) is 4.79 Å². The molecule has 20 heavy (non-hydrogen) atoms. The van der Waals surface area contributed by atoms with Gasteiger partial charge in [-0.2, -0.15) is 0 Å². The SMILES string of the molecule is CC(CNC(C)c1nccn1C)NC(=O)OC(C)(C)C. The minimum atomic E-state index is -0.475. The molecule has 0 aliphatic rings. The predicted molar refractivity (Wildman–Crippen MR) is 78.5 cm³/mol. The Morgan fingerprint density at radius 2 is 2.10 bits per heavy atom. The number of nitrogens with zero attached hydrogens (tertiary/aromatic N) is 2. The summed E-state index contributed by atoms with van der Waals surface area (Å²) >= 11 is 0. The van der Waals surface area contributed by atoms with E-state index in [1.54, 1.807) is 6.20 Å². The van der Waals surface area contributed by atoms with Gasteiger partial charge in [0.25, 0.3) is 0 Å². The maximum Gasteiger partial charge on any atom is 0.407 e. The van der Waals surface area contributed by atoms with Crippen molar-refractivity contribution in [3.8, 4) is 0 Å². The molecule has 0 fully saturated rings. The van der Waals surface area contributed by atoms with Crippen LogP contribution in [0.4, 0.5) is 4.79 Å². The molecule has 0 aromatic carbocycles. The first-order chi connectivity index (χ1) is 9.19. The van der Waals surface area contributed by atoms with E-state index in [1.165, 1.54) is 0 Å². The van der Waals surface area contributed by atoms with Crippen molar-refractivity contribution in [1.29, 1.82) is 0 Å². The lowest BCUT2D eigenvalue weighted by molar-refractivity contribution is 0.0507. The number of ether oxygens (including phenoxy) is 1. The average molecular weight is 282 g/mol. The first-order valence-corrected chi connectivity index (χ1v) is 6.89. The summed E-state index contributed by atoms with van der Waals surface area (Å²) in [7, 11) is 1.96. The second-order valence-corrected chi connectivity index (χ2v) is 6.07. The van der Waals surface area contributed by atoms with Crippen molar-refractivity contribution in [2.75, 3.05) is 6.54 Å². The number of hydrogen-bond donors (Lipinski definition) is 2. The van der Waals surface area contributed by atoms with Crippen molar-refractivity contribution < 1.29 is 9.53 Å². The topological polar surface area (TPSA) is 68.2 Å². The fourth-order valence-corrected chi connectivity index (χ4v) is 1.80. The van der Waals surface area contributed by atoms with Crippen molar-refractivity contribution in [3.05, 3.63) is 18.2 Å². The number of nitrogens with one attached hydrogen (secondary N) is 2. The summed E-state index contributed by atoms with van der Waals surface area (Å²) in [6.45, 7) is 10.2. The smallest absolute Gasteiger partial charge is 0.407 e. The van der Waals surface area contributed by atoms with Crippen molar-refractivity contribution >= 4 is 6.09 Å². The van der Waals surface area contributed by atoms with Gasteiger partial charge in [-0.05, 0) is 34.6 Å². The fraction of sp³-hybridized carbons (Fsp3) is 0.714. The molecule has 6 heteroatoms. The Labute approximate surface area is 120 Å². The summed E-state index contributed by atoms with van der Waals surface area (Å²) < 4.78 is 7.19. The molecule has 0 spiro atoms. The summed E-state index contributed by atoms with van der Waals surface area (Å²) in [5, 5.41) is 6.14. The summed E-state index contributed by atoms with van der Waals surface area (Å²) in [4.78, 5) is 15.9. The highest BCUT2D eigenvalue weighted by Gasteiger charge is 2.18. The number of amides is 1. The average Bonchev–Trinajstić information content (AvgIpc) is 2.69. The Hall–Kier alpha value is -1.56. The summed E-state index contributed by atoms with van der Waals surface area (Å²) in [6.07, 6.45) is 3.29. The zero-order chi connectivity index (χ0) is 15.3. The van der Waals surface area contributed by atoms with Crippen LogP contribution in [0.25, 0.3) is 0 Å². The zero-order valence-electron chi connectivity index (χ0n) is 13.2. The summed E-state index contributed by atoms with van der Waals surface area (Å²) in [5.74, 6) is 0.967. The standard InChI is InChI=1S/C14H26N4O2/c1-10(17-13(19)20-14(3,4)5)9-16-11(2)12-15-7-8-18(12)6/h7-8,10-11,16H,9H2,1-6H3,(H,17,19). The number of hydrogen-bond acceptors (Lipinski definition) is 4. The zero-order valence-corrected chi connectivity index (χ0v) is 13.2. The molecule has 2 atom stereocenters. The van der Waals surface area contributed by atoms with E-state index in [1.807, 2.05) is 52.4 Å². The van der Waals surface area contributed by atoms with E-state index in [0.29, 0.717) is 6.54 Å². The molecule has 0 aliphatic heterocycles. The second kappa shape index (κ2) is 6.74. The molecule has 6 nitrogen and oxygen atoms in total. The van der Waals surface area contributed by atoms with Crippen LogP contribution in [0.2, 0.25) is 0 Å². The van der Waals surface area contributed by atoms with E-state index in [-0.39, 0.29) is 12.1 Å². The first-order valence-electron chi connectivity index (χ1n) is 6.89. The highest BCUT2D eigenvalue weighted by molar-refractivity contribution is 5.68. The minimum absolute atomic E-state index is 0.0208. The van der Waals surface area contributed by atoms with E-state index in [2.05, 4.69) is 15.6 Å². The molecule has 0 saturated carbocycles. The normalized spacial score (nSPS) is 14.7. The molecule has 0 saturated heterocycles. The molecule has 2 N–H and O–H groups in total. The van der Waals surface area contributed by atoms with Gasteiger partial charge in [-0.1, -0.05) is 0 Å².